The fourth-order valence-electron chi connectivity index (χ4n) is 2.02. The molecule has 5 heteroatoms. The van der Waals surface area contributed by atoms with Gasteiger partial charge in [-0.05, 0) is 19.1 Å². The molecule has 0 fully saturated rings. The Labute approximate surface area is 109 Å². The number of fused-ring (bicyclic) bond motifs is 1. The minimum Gasteiger partial charge on any atom is -0.476 e. The minimum atomic E-state index is -1.08. The average Bonchev–Trinajstić information content (AvgIpc) is 2.81. The van der Waals surface area contributed by atoms with Gasteiger partial charge in [-0.1, -0.05) is 11.6 Å². The number of carboxylic acids is 1. The maximum atomic E-state index is 10.7. The van der Waals surface area contributed by atoms with Gasteiger partial charge in [0.1, 0.15) is 0 Å². The molecule has 1 aromatic carbocycles. The number of H-pyrrole nitrogens is 1. The lowest BCUT2D eigenvalue weighted by molar-refractivity contribution is 0.0690. The Morgan fingerprint density at radius 1 is 1.26 bits per heavy atom. The summed E-state index contributed by atoms with van der Waals surface area (Å²) in [5.74, 6) is -1.08. The summed E-state index contributed by atoms with van der Waals surface area (Å²) in [6, 6.07) is 6.10. The fraction of sp³-hybridized carbons (Fsp3) is 0.0714. The van der Waals surface area contributed by atoms with Crippen LogP contribution in [-0.4, -0.2) is 26.0 Å². The molecule has 94 valence electrons. The predicted octanol–water partition coefficient (Wildman–Crippen LogP) is 2.63. The lowest BCUT2D eigenvalue weighted by Gasteiger charge is -2.00. The summed E-state index contributed by atoms with van der Waals surface area (Å²) in [4.78, 5) is 22.0. The molecule has 0 bridgehead atoms. The third kappa shape index (κ3) is 1.95. The standard InChI is InChI=1S/C14H11N3O2/c1-8-2-3-11-9(4-8)10(5-15-11)12-6-17-13(7-16-12)14(18)19/h2-7,15H,1H3,(H,18,19). The summed E-state index contributed by atoms with van der Waals surface area (Å²) in [5, 5.41) is 9.86. The molecule has 2 N–H and O–H groups in total. The summed E-state index contributed by atoms with van der Waals surface area (Å²) in [7, 11) is 0. The molecule has 5 nitrogen and oxygen atoms in total. The van der Waals surface area contributed by atoms with E-state index in [4.69, 9.17) is 5.11 Å². The maximum Gasteiger partial charge on any atom is 0.356 e. The molecular weight excluding hydrogens is 242 g/mol. The molecule has 0 radical (unpaired) electrons. The number of aromatic nitrogens is 3. The predicted molar refractivity (Wildman–Crippen MR) is 71.0 cm³/mol. The van der Waals surface area contributed by atoms with Gasteiger partial charge >= 0.3 is 5.97 Å². The highest BCUT2D eigenvalue weighted by Crippen LogP contribution is 2.27. The van der Waals surface area contributed by atoms with Crippen LogP contribution in [0.1, 0.15) is 16.1 Å². The van der Waals surface area contributed by atoms with Crippen molar-refractivity contribution in [3.63, 3.8) is 0 Å². The molecule has 19 heavy (non-hydrogen) atoms. The van der Waals surface area contributed by atoms with Crippen molar-refractivity contribution in [3.05, 3.63) is 48.0 Å². The van der Waals surface area contributed by atoms with Crippen LogP contribution < -0.4 is 0 Å². The highest BCUT2D eigenvalue weighted by atomic mass is 16.4. The molecule has 3 aromatic rings. The van der Waals surface area contributed by atoms with Crippen molar-refractivity contribution < 1.29 is 9.90 Å². The lowest BCUT2D eigenvalue weighted by Crippen LogP contribution is -2.00. The van der Waals surface area contributed by atoms with Gasteiger partial charge in [-0.15, -0.1) is 0 Å². The number of nitrogens with one attached hydrogen (secondary N) is 1. The third-order valence-electron chi connectivity index (χ3n) is 2.98. The van der Waals surface area contributed by atoms with Crippen molar-refractivity contribution in [2.24, 2.45) is 0 Å². The van der Waals surface area contributed by atoms with Crippen LogP contribution in [0, 0.1) is 6.92 Å². The second kappa shape index (κ2) is 4.20. The average molecular weight is 253 g/mol. The van der Waals surface area contributed by atoms with Gasteiger partial charge in [-0.3, -0.25) is 4.98 Å². The van der Waals surface area contributed by atoms with E-state index in [2.05, 4.69) is 21.0 Å². The highest BCUT2D eigenvalue weighted by molar-refractivity contribution is 5.95. The smallest absolute Gasteiger partial charge is 0.356 e. The van der Waals surface area contributed by atoms with Crippen molar-refractivity contribution in [3.8, 4) is 11.3 Å². The molecule has 0 saturated heterocycles. The zero-order chi connectivity index (χ0) is 13.4. The number of nitrogens with zero attached hydrogens (tertiary/aromatic N) is 2. The van der Waals surface area contributed by atoms with Gasteiger partial charge in [0, 0.05) is 22.7 Å². The molecule has 0 aliphatic carbocycles. The number of aromatic carboxylic acids is 1. The van der Waals surface area contributed by atoms with Crippen LogP contribution in [-0.2, 0) is 0 Å². The van der Waals surface area contributed by atoms with E-state index in [1.165, 1.54) is 12.4 Å². The van der Waals surface area contributed by atoms with Crippen LogP contribution in [0.2, 0.25) is 0 Å². The van der Waals surface area contributed by atoms with Crippen LogP contribution in [0.25, 0.3) is 22.2 Å². The summed E-state index contributed by atoms with van der Waals surface area (Å²) < 4.78 is 0. The van der Waals surface area contributed by atoms with Gasteiger partial charge in [0.25, 0.3) is 0 Å². The zero-order valence-corrected chi connectivity index (χ0v) is 10.2. The first-order valence-electron chi connectivity index (χ1n) is 5.78. The summed E-state index contributed by atoms with van der Waals surface area (Å²) in [6.45, 7) is 2.02. The second-order valence-corrected chi connectivity index (χ2v) is 4.34. The molecule has 0 aliphatic heterocycles. The van der Waals surface area contributed by atoms with E-state index < -0.39 is 5.97 Å². The van der Waals surface area contributed by atoms with Crippen molar-refractivity contribution in [2.75, 3.05) is 0 Å². The first-order valence-corrected chi connectivity index (χ1v) is 5.78. The van der Waals surface area contributed by atoms with E-state index in [1.807, 2.05) is 25.3 Å². The molecular formula is C14H11N3O2. The van der Waals surface area contributed by atoms with E-state index in [1.54, 1.807) is 0 Å². The first kappa shape index (κ1) is 11.4. The molecule has 0 atom stereocenters. The molecule has 0 unspecified atom stereocenters. The van der Waals surface area contributed by atoms with Crippen LogP contribution >= 0.6 is 0 Å². The zero-order valence-electron chi connectivity index (χ0n) is 10.2. The largest absolute Gasteiger partial charge is 0.476 e. The quantitative estimate of drug-likeness (QED) is 0.735. The van der Waals surface area contributed by atoms with Crippen molar-refractivity contribution in [1.29, 1.82) is 0 Å². The fourth-order valence-corrected chi connectivity index (χ4v) is 2.02. The Bertz CT molecular complexity index is 760. The summed E-state index contributed by atoms with van der Waals surface area (Å²) >= 11 is 0. The Morgan fingerprint density at radius 2 is 2.11 bits per heavy atom. The Kier molecular flexibility index (Phi) is 2.52. The Hall–Kier alpha value is -2.69. The third-order valence-corrected chi connectivity index (χ3v) is 2.98. The molecule has 3 rings (SSSR count). The number of rotatable bonds is 2. The molecule has 0 spiro atoms. The molecule has 2 heterocycles. The van der Waals surface area contributed by atoms with Crippen molar-refractivity contribution in [1.82, 2.24) is 15.0 Å². The normalized spacial score (nSPS) is 10.8. The molecule has 0 amide bonds. The molecule has 0 aliphatic rings. The number of carbonyl (C=O) groups is 1. The van der Waals surface area contributed by atoms with Crippen LogP contribution in [0.3, 0.4) is 0 Å². The van der Waals surface area contributed by atoms with E-state index in [0.29, 0.717) is 5.69 Å². The topological polar surface area (TPSA) is 78.9 Å². The van der Waals surface area contributed by atoms with Crippen LogP contribution in [0.15, 0.2) is 36.8 Å². The SMILES string of the molecule is Cc1ccc2[nH]cc(-c3cnc(C(=O)O)cn3)c2c1. The van der Waals surface area contributed by atoms with Gasteiger partial charge in [-0.2, -0.15) is 0 Å². The van der Waals surface area contributed by atoms with Crippen LogP contribution in [0.5, 0.6) is 0 Å². The first-order chi connectivity index (χ1) is 9.15. The molecule has 2 aromatic heterocycles. The minimum absolute atomic E-state index is 0.0558. The second-order valence-electron chi connectivity index (χ2n) is 4.34. The Balaban J connectivity index is 2.13. The maximum absolute atomic E-state index is 10.7. The Morgan fingerprint density at radius 3 is 2.79 bits per heavy atom. The summed E-state index contributed by atoms with van der Waals surface area (Å²) in [6.07, 6.45) is 4.61. The number of hydrogen-bond donors (Lipinski definition) is 2. The van der Waals surface area contributed by atoms with E-state index >= 15 is 0 Å². The van der Waals surface area contributed by atoms with Gasteiger partial charge in [-0.25, -0.2) is 9.78 Å². The lowest BCUT2D eigenvalue weighted by atomic mass is 10.1. The number of benzene rings is 1. The van der Waals surface area contributed by atoms with Crippen LogP contribution in [0.4, 0.5) is 0 Å². The van der Waals surface area contributed by atoms with E-state index in [0.717, 1.165) is 22.0 Å². The highest BCUT2D eigenvalue weighted by Gasteiger charge is 2.10. The van der Waals surface area contributed by atoms with Gasteiger partial charge < -0.3 is 10.1 Å². The monoisotopic (exact) mass is 253 g/mol. The number of aromatic amines is 1. The molecule has 0 saturated carbocycles. The van der Waals surface area contributed by atoms with E-state index in [-0.39, 0.29) is 5.69 Å². The summed E-state index contributed by atoms with van der Waals surface area (Å²) in [5.41, 5.74) is 3.69. The number of aryl methyl sites for hydroxylation is 1. The van der Waals surface area contributed by atoms with Gasteiger partial charge in [0.2, 0.25) is 0 Å². The number of hydrogen-bond acceptors (Lipinski definition) is 3. The van der Waals surface area contributed by atoms with Gasteiger partial charge in [0.05, 0.1) is 18.1 Å². The van der Waals surface area contributed by atoms with E-state index in [9.17, 15) is 4.79 Å². The number of carboxylic acid groups (broad SMARTS) is 1. The van der Waals surface area contributed by atoms with Gasteiger partial charge in [0.15, 0.2) is 5.69 Å². The van der Waals surface area contributed by atoms with Crippen molar-refractivity contribution in [2.45, 2.75) is 6.92 Å². The van der Waals surface area contributed by atoms with Crippen molar-refractivity contribution >= 4 is 16.9 Å².